The zero-order valence-electron chi connectivity index (χ0n) is 19.4. The van der Waals surface area contributed by atoms with Crippen molar-refractivity contribution < 1.29 is 27.2 Å². The Kier molecular flexibility index (Phi) is 6.47. The lowest BCUT2D eigenvalue weighted by molar-refractivity contribution is -0.122. The molecule has 3 aromatic rings. The molecule has 1 N–H and O–H groups in total. The topological polar surface area (TPSA) is 124 Å². The Hall–Kier alpha value is -3.60. The summed E-state index contributed by atoms with van der Waals surface area (Å²) in [5.41, 5.74) is 3.06. The van der Waals surface area contributed by atoms with Crippen molar-refractivity contribution in [3.63, 3.8) is 0 Å². The lowest BCUT2D eigenvalue weighted by Gasteiger charge is -2.35. The van der Waals surface area contributed by atoms with Gasteiger partial charge >= 0.3 is 0 Å². The molecule has 0 aliphatic carbocycles. The quantitative estimate of drug-likeness (QED) is 0.539. The van der Waals surface area contributed by atoms with Gasteiger partial charge in [-0.15, -0.1) is 0 Å². The maximum atomic E-state index is 13.2. The number of fused-ring (bicyclic) bond motifs is 1. The molecule has 0 spiro atoms. The van der Waals surface area contributed by atoms with Crippen LogP contribution >= 0.6 is 0 Å². The molecule has 1 aliphatic heterocycles. The normalized spacial score (nSPS) is 15.4. The summed E-state index contributed by atoms with van der Waals surface area (Å²) in [7, 11) is -2.20. The molecule has 0 fully saturated rings. The average Bonchev–Trinajstić information content (AvgIpc) is 3.16. The fraction of sp³-hybridized carbons (Fsp3) is 0.348. The van der Waals surface area contributed by atoms with Crippen molar-refractivity contribution in [2.45, 2.75) is 33.3 Å². The molecule has 11 heteroatoms. The molecule has 3 heterocycles. The second kappa shape index (κ2) is 9.34. The van der Waals surface area contributed by atoms with Gasteiger partial charge in [0, 0.05) is 11.6 Å². The first-order valence-corrected chi connectivity index (χ1v) is 12.4. The molecule has 2 aromatic heterocycles. The summed E-state index contributed by atoms with van der Waals surface area (Å²) in [5.74, 6) is 0.798. The van der Waals surface area contributed by atoms with Gasteiger partial charge in [-0.1, -0.05) is 18.1 Å². The third kappa shape index (κ3) is 4.56. The van der Waals surface area contributed by atoms with Gasteiger partial charge < -0.3 is 19.3 Å². The SMILES string of the molecule is CCCS(=O)(=O)N1CC(C(=O)Nc2ccc(OC)nc2)Oc2ccc(-c3c(C)noc3C)cc21. The van der Waals surface area contributed by atoms with Crippen molar-refractivity contribution in [2.75, 3.05) is 29.0 Å². The Labute approximate surface area is 197 Å². The molecular formula is C23H26N4O6S. The number of carbonyl (C=O) groups is 1. The smallest absolute Gasteiger partial charge is 0.267 e. The van der Waals surface area contributed by atoms with Crippen LogP contribution in [0.5, 0.6) is 11.6 Å². The highest BCUT2D eigenvalue weighted by atomic mass is 32.2. The number of hydrogen-bond acceptors (Lipinski definition) is 8. The van der Waals surface area contributed by atoms with E-state index in [1.807, 2.05) is 6.92 Å². The zero-order chi connectivity index (χ0) is 24.5. The minimum absolute atomic E-state index is 0.0568. The van der Waals surface area contributed by atoms with Crippen LogP contribution in [-0.4, -0.2) is 50.0 Å². The van der Waals surface area contributed by atoms with Crippen LogP contribution in [0.1, 0.15) is 24.8 Å². The number of aromatic nitrogens is 2. The first-order valence-electron chi connectivity index (χ1n) is 10.8. The summed E-state index contributed by atoms with van der Waals surface area (Å²) >= 11 is 0. The number of benzene rings is 1. The highest BCUT2D eigenvalue weighted by Gasteiger charge is 2.37. The minimum atomic E-state index is -3.70. The van der Waals surface area contributed by atoms with E-state index in [4.69, 9.17) is 14.0 Å². The number of nitrogens with zero attached hydrogens (tertiary/aromatic N) is 3. The molecule has 1 aromatic carbocycles. The van der Waals surface area contributed by atoms with Crippen molar-refractivity contribution >= 4 is 27.3 Å². The third-order valence-corrected chi connectivity index (χ3v) is 7.40. The molecule has 0 radical (unpaired) electrons. The average molecular weight is 487 g/mol. The Morgan fingerprint density at radius 2 is 2.06 bits per heavy atom. The number of amides is 1. The number of carbonyl (C=O) groups excluding carboxylic acids is 1. The molecule has 1 amide bonds. The van der Waals surface area contributed by atoms with Crippen LogP contribution < -0.4 is 19.1 Å². The number of rotatable bonds is 7. The lowest BCUT2D eigenvalue weighted by Crippen LogP contribution is -2.49. The summed E-state index contributed by atoms with van der Waals surface area (Å²) in [4.78, 5) is 17.0. The van der Waals surface area contributed by atoms with Gasteiger partial charge in [-0.3, -0.25) is 9.10 Å². The zero-order valence-corrected chi connectivity index (χ0v) is 20.2. The third-order valence-electron chi connectivity index (χ3n) is 5.45. The Morgan fingerprint density at radius 1 is 1.26 bits per heavy atom. The van der Waals surface area contributed by atoms with Crippen LogP contribution in [0.2, 0.25) is 0 Å². The van der Waals surface area contributed by atoms with E-state index in [-0.39, 0.29) is 12.3 Å². The van der Waals surface area contributed by atoms with E-state index in [1.165, 1.54) is 17.6 Å². The fourth-order valence-corrected chi connectivity index (χ4v) is 5.41. The van der Waals surface area contributed by atoms with Crippen LogP contribution in [0.15, 0.2) is 41.1 Å². The van der Waals surface area contributed by atoms with Gasteiger partial charge in [-0.2, -0.15) is 0 Å². The molecule has 0 saturated carbocycles. The second-order valence-corrected chi connectivity index (χ2v) is 9.93. The van der Waals surface area contributed by atoms with Gasteiger partial charge in [0.1, 0.15) is 11.5 Å². The van der Waals surface area contributed by atoms with Gasteiger partial charge in [-0.25, -0.2) is 13.4 Å². The molecule has 1 aliphatic rings. The molecule has 0 bridgehead atoms. The summed E-state index contributed by atoms with van der Waals surface area (Å²) in [6.07, 6.45) is 0.841. The molecule has 180 valence electrons. The lowest BCUT2D eigenvalue weighted by atomic mass is 10.0. The fourth-order valence-electron chi connectivity index (χ4n) is 3.87. The van der Waals surface area contributed by atoms with E-state index in [0.29, 0.717) is 40.9 Å². The summed E-state index contributed by atoms with van der Waals surface area (Å²) < 4.78 is 43.8. The summed E-state index contributed by atoms with van der Waals surface area (Å²) in [5, 5.41) is 6.71. The van der Waals surface area contributed by atoms with Crippen molar-refractivity contribution in [2.24, 2.45) is 0 Å². The highest BCUT2D eigenvalue weighted by molar-refractivity contribution is 7.92. The van der Waals surface area contributed by atoms with E-state index in [1.54, 1.807) is 44.2 Å². The second-order valence-electron chi connectivity index (χ2n) is 7.91. The van der Waals surface area contributed by atoms with E-state index in [2.05, 4.69) is 15.5 Å². The number of hydrogen-bond donors (Lipinski definition) is 1. The molecular weight excluding hydrogens is 460 g/mol. The standard InChI is InChI=1S/C23H26N4O6S/c1-5-10-34(29,30)27-13-20(23(28)25-17-7-9-21(31-4)24-12-17)32-19-8-6-16(11-18(19)27)22-14(2)26-33-15(22)3/h6-9,11-12,20H,5,10,13H2,1-4H3,(H,25,28). The first-order chi connectivity index (χ1) is 16.2. The van der Waals surface area contributed by atoms with E-state index in [9.17, 15) is 13.2 Å². The van der Waals surface area contributed by atoms with Crippen LogP contribution in [0.4, 0.5) is 11.4 Å². The summed E-state index contributed by atoms with van der Waals surface area (Å²) in [6, 6.07) is 8.45. The van der Waals surface area contributed by atoms with Gasteiger partial charge in [0.2, 0.25) is 15.9 Å². The first kappa shape index (κ1) is 23.6. The number of aryl methyl sites for hydroxylation is 2. The molecule has 34 heavy (non-hydrogen) atoms. The molecule has 0 saturated heterocycles. The number of pyridine rings is 1. The Balaban J connectivity index is 1.68. The van der Waals surface area contributed by atoms with Crippen molar-refractivity contribution in [1.29, 1.82) is 0 Å². The van der Waals surface area contributed by atoms with E-state index in [0.717, 1.165) is 11.1 Å². The Bertz CT molecular complexity index is 1280. The molecule has 10 nitrogen and oxygen atoms in total. The predicted octanol–water partition coefficient (Wildman–Crippen LogP) is 3.31. The maximum Gasteiger partial charge on any atom is 0.267 e. The van der Waals surface area contributed by atoms with Crippen molar-refractivity contribution in [3.05, 3.63) is 48.0 Å². The van der Waals surface area contributed by atoms with Crippen molar-refractivity contribution in [3.8, 4) is 22.8 Å². The number of nitrogens with one attached hydrogen (secondary N) is 1. The monoisotopic (exact) mass is 486 g/mol. The minimum Gasteiger partial charge on any atom is -0.481 e. The van der Waals surface area contributed by atoms with Gasteiger partial charge in [0.15, 0.2) is 6.10 Å². The van der Waals surface area contributed by atoms with Crippen LogP contribution in [0, 0.1) is 13.8 Å². The largest absolute Gasteiger partial charge is 0.481 e. The number of methoxy groups -OCH3 is 1. The van der Waals surface area contributed by atoms with E-state index < -0.39 is 22.0 Å². The van der Waals surface area contributed by atoms with Crippen molar-refractivity contribution in [1.82, 2.24) is 10.1 Å². The van der Waals surface area contributed by atoms with Gasteiger partial charge in [0.05, 0.1) is 42.7 Å². The number of sulfonamides is 1. The van der Waals surface area contributed by atoms with E-state index >= 15 is 0 Å². The molecule has 4 rings (SSSR count). The maximum absolute atomic E-state index is 13.2. The van der Waals surface area contributed by atoms with Crippen LogP contribution in [0.25, 0.3) is 11.1 Å². The van der Waals surface area contributed by atoms with Gasteiger partial charge in [0.25, 0.3) is 5.91 Å². The number of anilines is 2. The van der Waals surface area contributed by atoms with Crippen LogP contribution in [-0.2, 0) is 14.8 Å². The molecule has 1 unspecified atom stereocenters. The Morgan fingerprint density at radius 3 is 2.68 bits per heavy atom. The predicted molar refractivity (Wildman–Crippen MR) is 127 cm³/mol. The number of ether oxygens (including phenoxy) is 2. The van der Waals surface area contributed by atoms with Crippen LogP contribution in [0.3, 0.4) is 0 Å². The molecule has 1 atom stereocenters. The van der Waals surface area contributed by atoms with Gasteiger partial charge in [-0.05, 0) is 44.0 Å². The highest BCUT2D eigenvalue weighted by Crippen LogP contribution is 2.40. The summed E-state index contributed by atoms with van der Waals surface area (Å²) in [6.45, 7) is 5.25.